The number of methoxy groups -OCH3 is 1. The third-order valence-electron chi connectivity index (χ3n) is 16.2. The first kappa shape index (κ1) is 51.9. The maximum absolute atomic E-state index is 16.7. The number of carbonyl (C=O) groups is 1. The molecule has 11 rings (SSSR count). The highest BCUT2D eigenvalue weighted by molar-refractivity contribution is 7.90. The lowest BCUT2D eigenvalue weighted by Crippen LogP contribution is -2.60. The fourth-order valence-corrected chi connectivity index (χ4v) is 13.1. The SMILES string of the molecule is COc1ccc(CN2CCN(C3CC4(CCN(c5cc(Oc6cnc7[nH]ccc7c6)c(C(=O)NS(=O)(=O)c6cc([N+](=O)[O-])c(NCC7(F)CCOCC7)c7[nH]cnc67)cc5F)CC4)C3)C(c3ccccc3C(C)C)C2)cc1. The first-order valence-corrected chi connectivity index (χ1v) is 27.7. The number of benzene rings is 4. The van der Waals surface area contributed by atoms with E-state index in [9.17, 15) is 23.3 Å². The van der Waals surface area contributed by atoms with Crippen molar-refractivity contribution in [1.29, 1.82) is 0 Å². The number of nitrogens with zero attached hydrogens (tertiary/aromatic N) is 6. The molecule has 1 saturated carbocycles. The zero-order valence-corrected chi connectivity index (χ0v) is 44.0. The Bertz CT molecular complexity index is 3440. The molecule has 4 N–H and O–H groups in total. The zero-order valence-electron chi connectivity index (χ0n) is 43.2. The summed E-state index contributed by atoms with van der Waals surface area (Å²) in [7, 11) is -3.28. The number of piperazine rings is 1. The number of H-pyrrole nitrogens is 2. The highest BCUT2D eigenvalue weighted by Gasteiger charge is 2.50. The molecule has 18 nitrogen and oxygen atoms in total. The summed E-state index contributed by atoms with van der Waals surface area (Å²) in [6.45, 7) is 9.29. The van der Waals surface area contributed by atoms with Crippen LogP contribution >= 0.6 is 0 Å². The largest absolute Gasteiger partial charge is 0.497 e. The quantitative estimate of drug-likeness (QED) is 0.0524. The minimum absolute atomic E-state index is 0.0599. The molecule has 1 aliphatic carbocycles. The molecule has 404 valence electrons. The summed E-state index contributed by atoms with van der Waals surface area (Å²) < 4.78 is 79.8. The number of fused-ring (bicyclic) bond motifs is 2. The zero-order chi connectivity index (χ0) is 53.6. The second-order valence-corrected chi connectivity index (χ2v) is 23.0. The smallest absolute Gasteiger partial charge is 0.296 e. The molecule has 1 spiro atoms. The lowest BCUT2D eigenvalue weighted by atomic mass is 9.59. The van der Waals surface area contributed by atoms with Crippen LogP contribution in [0.15, 0.2) is 102 Å². The Morgan fingerprint density at radius 1 is 0.961 bits per heavy atom. The Balaban J connectivity index is 0.823. The van der Waals surface area contributed by atoms with Crippen LogP contribution in [0.3, 0.4) is 0 Å². The van der Waals surface area contributed by atoms with Crippen molar-refractivity contribution >= 4 is 55.1 Å². The van der Waals surface area contributed by atoms with E-state index in [2.05, 4.69) is 85.3 Å². The molecule has 1 unspecified atom stereocenters. The molecule has 21 heteroatoms. The van der Waals surface area contributed by atoms with Gasteiger partial charge >= 0.3 is 0 Å². The van der Waals surface area contributed by atoms with E-state index >= 15 is 8.78 Å². The van der Waals surface area contributed by atoms with Crippen LogP contribution in [0, 0.1) is 21.3 Å². The van der Waals surface area contributed by atoms with Crippen LogP contribution in [-0.2, 0) is 21.3 Å². The number of ether oxygens (including phenoxy) is 3. The highest BCUT2D eigenvalue weighted by atomic mass is 32.2. The molecule has 0 bridgehead atoms. The van der Waals surface area contributed by atoms with E-state index in [4.69, 9.17) is 14.2 Å². The van der Waals surface area contributed by atoms with E-state index < -0.39 is 48.5 Å². The van der Waals surface area contributed by atoms with Crippen molar-refractivity contribution in [2.24, 2.45) is 5.41 Å². The van der Waals surface area contributed by atoms with Gasteiger partial charge in [-0.3, -0.25) is 24.7 Å². The molecule has 7 aromatic rings. The molecular formula is C56H62F2N10O8S. The minimum atomic E-state index is -4.96. The van der Waals surface area contributed by atoms with Crippen LogP contribution in [0.1, 0.15) is 91.4 Å². The number of imidazole rings is 1. The van der Waals surface area contributed by atoms with Gasteiger partial charge in [0, 0.05) is 108 Å². The number of hydrogen-bond acceptors (Lipinski definition) is 14. The first-order chi connectivity index (χ1) is 37.1. The number of hydrogen-bond donors (Lipinski definition) is 4. The van der Waals surface area contributed by atoms with Gasteiger partial charge in [-0.15, -0.1) is 0 Å². The predicted octanol–water partition coefficient (Wildman–Crippen LogP) is 9.77. The first-order valence-electron chi connectivity index (χ1n) is 26.2. The minimum Gasteiger partial charge on any atom is -0.497 e. The van der Waals surface area contributed by atoms with Crippen LogP contribution in [-0.4, -0.2) is 120 Å². The summed E-state index contributed by atoms with van der Waals surface area (Å²) >= 11 is 0. The summed E-state index contributed by atoms with van der Waals surface area (Å²) in [6.07, 6.45) is 8.10. The summed E-state index contributed by atoms with van der Waals surface area (Å²) in [6, 6.07) is 24.4. The van der Waals surface area contributed by atoms with Gasteiger partial charge in [0.05, 0.1) is 41.3 Å². The Labute approximate surface area is 444 Å². The third kappa shape index (κ3) is 10.5. The number of anilines is 2. The van der Waals surface area contributed by atoms with Crippen molar-refractivity contribution in [1.82, 2.24) is 34.5 Å². The van der Waals surface area contributed by atoms with Gasteiger partial charge < -0.3 is 34.4 Å². The third-order valence-corrected chi connectivity index (χ3v) is 17.6. The Morgan fingerprint density at radius 2 is 1.73 bits per heavy atom. The molecule has 3 aromatic heterocycles. The number of amides is 1. The van der Waals surface area contributed by atoms with E-state index in [0.29, 0.717) is 36.1 Å². The number of nitrogens with one attached hydrogen (secondary N) is 4. The fraction of sp³-hybridized carbons (Fsp3) is 0.411. The maximum atomic E-state index is 16.7. The molecule has 3 saturated heterocycles. The van der Waals surface area contributed by atoms with Crippen molar-refractivity contribution in [2.75, 3.05) is 69.8 Å². The van der Waals surface area contributed by atoms with E-state index in [1.807, 2.05) is 21.8 Å². The van der Waals surface area contributed by atoms with Gasteiger partial charge in [0.1, 0.15) is 50.5 Å². The van der Waals surface area contributed by atoms with Gasteiger partial charge in [-0.25, -0.2) is 31.9 Å². The molecule has 1 atom stereocenters. The number of piperidine rings is 1. The standard InChI is InChI=1S/C56H62F2N10O8S/c1-35(2)41-6-4-5-7-42(41)47-32-65(31-36-8-10-39(74-3)11-9-36)20-21-67(47)38-28-55(29-38)13-18-66(19-14-55)45-26-48(76-40-24-37-12-17-59-53(37)60-30-40)43(25-44(45)57)54(69)64-77(72,73)49-27-46(68(70)71)50(52-51(49)62-34-63-52)61-33-56(58)15-22-75-23-16-56/h4-12,17,24-27,30,34-35,38,47,61H,13-16,18-23,28-29,31-33H2,1-3H3,(H,59,60)(H,62,63)(H,64,69). The number of nitro benzene ring substituents is 1. The number of halogens is 2. The van der Waals surface area contributed by atoms with Gasteiger partial charge in [-0.05, 0) is 84.0 Å². The number of rotatable bonds is 16. The summed E-state index contributed by atoms with van der Waals surface area (Å²) in [4.78, 5) is 46.8. The number of carbonyl (C=O) groups excluding carboxylic acids is 1. The summed E-state index contributed by atoms with van der Waals surface area (Å²) in [5.74, 6) is -0.753. The monoisotopic (exact) mass is 1070 g/mol. The highest BCUT2D eigenvalue weighted by Crippen LogP contribution is 2.54. The average molecular weight is 1070 g/mol. The Kier molecular flexibility index (Phi) is 14.1. The molecular weight excluding hydrogens is 1010 g/mol. The molecule has 6 heterocycles. The van der Waals surface area contributed by atoms with Crippen LogP contribution in [0.2, 0.25) is 0 Å². The van der Waals surface area contributed by atoms with Gasteiger partial charge in [0.2, 0.25) is 0 Å². The van der Waals surface area contributed by atoms with Crippen LogP contribution < -0.4 is 24.4 Å². The van der Waals surface area contributed by atoms with Crippen LogP contribution in [0.5, 0.6) is 17.2 Å². The molecule has 3 aliphatic heterocycles. The normalized spacial score (nSPS) is 19.1. The topological polar surface area (TPSA) is 213 Å². The maximum Gasteiger partial charge on any atom is 0.296 e. The van der Waals surface area contributed by atoms with Crippen molar-refractivity contribution < 1.29 is 41.1 Å². The Morgan fingerprint density at radius 3 is 2.47 bits per heavy atom. The molecule has 77 heavy (non-hydrogen) atoms. The van der Waals surface area contributed by atoms with E-state index in [0.717, 1.165) is 76.1 Å². The molecule has 1 amide bonds. The second-order valence-electron chi connectivity index (χ2n) is 21.4. The molecule has 4 fully saturated rings. The van der Waals surface area contributed by atoms with Gasteiger partial charge in [0.25, 0.3) is 21.6 Å². The molecule has 0 radical (unpaired) electrons. The number of alkyl halides is 1. The van der Waals surface area contributed by atoms with E-state index in [1.165, 1.54) is 29.0 Å². The lowest BCUT2D eigenvalue weighted by molar-refractivity contribution is -0.384. The van der Waals surface area contributed by atoms with Crippen molar-refractivity contribution in [2.45, 2.75) is 87.5 Å². The van der Waals surface area contributed by atoms with Crippen LogP contribution in [0.4, 0.5) is 25.8 Å². The second kappa shape index (κ2) is 21.0. The van der Waals surface area contributed by atoms with Gasteiger partial charge in [-0.1, -0.05) is 50.2 Å². The predicted molar refractivity (Wildman–Crippen MR) is 288 cm³/mol. The lowest BCUT2D eigenvalue weighted by Gasteiger charge is -2.58. The summed E-state index contributed by atoms with van der Waals surface area (Å²) in [5, 5.41) is 16.0. The number of aromatic amines is 2. The van der Waals surface area contributed by atoms with Gasteiger partial charge in [0.15, 0.2) is 0 Å². The Hall–Kier alpha value is -7.20. The number of nitro groups is 1. The number of pyridine rings is 1. The fourth-order valence-electron chi connectivity index (χ4n) is 12.0. The summed E-state index contributed by atoms with van der Waals surface area (Å²) in [5.41, 5.74) is 1.45. The molecule has 4 aromatic carbocycles. The molecule has 4 aliphatic rings. The van der Waals surface area contributed by atoms with E-state index in [-0.39, 0.29) is 78.0 Å². The average Bonchev–Trinajstić information content (AvgIpc) is 4.19. The van der Waals surface area contributed by atoms with E-state index in [1.54, 1.807) is 25.4 Å². The van der Waals surface area contributed by atoms with Crippen molar-refractivity contribution in [3.63, 3.8) is 0 Å². The number of sulfonamides is 1. The van der Waals surface area contributed by atoms with Gasteiger partial charge in [-0.2, -0.15) is 0 Å². The van der Waals surface area contributed by atoms with Crippen molar-refractivity contribution in [3.8, 4) is 17.2 Å². The number of aromatic nitrogens is 4. The van der Waals surface area contributed by atoms with Crippen molar-refractivity contribution in [3.05, 3.63) is 136 Å². The van der Waals surface area contributed by atoms with Crippen LogP contribution in [0.25, 0.3) is 22.1 Å².